The monoisotopic (exact) mass is 438 g/mol. The number of amides is 2. The molecule has 5 rings (SSSR count). The van der Waals surface area contributed by atoms with Gasteiger partial charge in [-0.05, 0) is 39.0 Å². The van der Waals surface area contributed by atoms with Crippen molar-refractivity contribution in [1.29, 1.82) is 0 Å². The Labute approximate surface area is 185 Å². The SMILES string of the molecule is CC(C)(C)n1cc2c(n1)C(=O)CC1(CCN(C(=O)c3ccc4c(c3)NC(=O)CO4)CC1)O2. The van der Waals surface area contributed by atoms with Crippen molar-refractivity contribution in [1.82, 2.24) is 14.7 Å². The van der Waals surface area contributed by atoms with Gasteiger partial charge in [0.2, 0.25) is 0 Å². The molecule has 3 aliphatic rings. The van der Waals surface area contributed by atoms with E-state index in [1.807, 2.05) is 20.8 Å². The summed E-state index contributed by atoms with van der Waals surface area (Å²) in [6.07, 6.45) is 3.20. The minimum Gasteiger partial charge on any atom is -0.483 e. The Morgan fingerprint density at radius 2 is 1.91 bits per heavy atom. The molecule has 168 valence electrons. The molecule has 3 aliphatic heterocycles. The molecule has 2 amide bonds. The Bertz CT molecular complexity index is 1120. The van der Waals surface area contributed by atoms with E-state index >= 15 is 0 Å². The van der Waals surface area contributed by atoms with E-state index in [-0.39, 0.29) is 36.2 Å². The number of piperidine rings is 1. The van der Waals surface area contributed by atoms with Gasteiger partial charge < -0.3 is 19.7 Å². The Kier molecular flexibility index (Phi) is 4.54. The number of carbonyl (C=O) groups is 3. The first kappa shape index (κ1) is 20.5. The summed E-state index contributed by atoms with van der Waals surface area (Å²) in [6, 6.07) is 5.05. The van der Waals surface area contributed by atoms with Crippen LogP contribution in [-0.4, -0.2) is 57.6 Å². The van der Waals surface area contributed by atoms with Crippen molar-refractivity contribution in [2.75, 3.05) is 25.0 Å². The number of nitrogens with one attached hydrogen (secondary N) is 1. The predicted octanol–water partition coefficient (Wildman–Crippen LogP) is 2.61. The van der Waals surface area contributed by atoms with Crippen LogP contribution < -0.4 is 14.8 Å². The molecule has 1 aromatic heterocycles. The molecule has 0 saturated carbocycles. The van der Waals surface area contributed by atoms with E-state index < -0.39 is 5.60 Å². The van der Waals surface area contributed by atoms with Gasteiger partial charge in [-0.1, -0.05) is 0 Å². The van der Waals surface area contributed by atoms with Crippen molar-refractivity contribution >= 4 is 23.3 Å². The Hall–Kier alpha value is -3.36. The smallest absolute Gasteiger partial charge is 0.262 e. The number of hydrogen-bond acceptors (Lipinski definition) is 6. The molecule has 0 atom stereocenters. The summed E-state index contributed by atoms with van der Waals surface area (Å²) in [6.45, 7) is 7.00. The normalized spacial score (nSPS) is 19.5. The topological polar surface area (TPSA) is 103 Å². The van der Waals surface area contributed by atoms with Gasteiger partial charge in [0.1, 0.15) is 11.4 Å². The standard InChI is InChI=1S/C23H26N4O5/c1-22(2,3)27-12-18-20(25-27)16(28)11-23(32-18)6-8-26(9-7-23)21(30)14-4-5-17-15(10-14)24-19(29)13-31-17/h4-5,10,12H,6-9,11,13H2,1-3H3,(H,24,29). The van der Waals surface area contributed by atoms with Crippen LogP contribution in [0.25, 0.3) is 0 Å². The van der Waals surface area contributed by atoms with Crippen molar-refractivity contribution in [3.63, 3.8) is 0 Å². The van der Waals surface area contributed by atoms with Crippen LogP contribution in [0.4, 0.5) is 5.69 Å². The number of benzene rings is 1. The molecule has 4 heterocycles. The summed E-state index contributed by atoms with van der Waals surface area (Å²) in [7, 11) is 0. The maximum Gasteiger partial charge on any atom is 0.262 e. The van der Waals surface area contributed by atoms with Gasteiger partial charge in [-0.2, -0.15) is 5.10 Å². The molecule has 9 heteroatoms. The van der Waals surface area contributed by atoms with Crippen molar-refractivity contribution in [3.8, 4) is 11.5 Å². The summed E-state index contributed by atoms with van der Waals surface area (Å²) < 4.78 is 13.5. The summed E-state index contributed by atoms with van der Waals surface area (Å²) in [4.78, 5) is 39.2. The van der Waals surface area contributed by atoms with E-state index in [1.54, 1.807) is 34.0 Å². The highest BCUT2D eigenvalue weighted by atomic mass is 16.5. The number of hydrogen-bond donors (Lipinski definition) is 1. The fourth-order valence-corrected chi connectivity index (χ4v) is 4.41. The van der Waals surface area contributed by atoms with E-state index in [4.69, 9.17) is 9.47 Å². The maximum atomic E-state index is 13.1. The number of Topliss-reactive ketones (excluding diaryl/α,β-unsaturated/α-hetero) is 1. The molecule has 0 unspecified atom stereocenters. The lowest BCUT2D eigenvalue weighted by atomic mass is 9.83. The first-order valence-corrected chi connectivity index (χ1v) is 10.8. The van der Waals surface area contributed by atoms with Crippen molar-refractivity contribution in [2.45, 2.75) is 51.2 Å². The molecule has 0 bridgehead atoms. The lowest BCUT2D eigenvalue weighted by molar-refractivity contribution is -0.118. The molecule has 32 heavy (non-hydrogen) atoms. The van der Waals surface area contributed by atoms with E-state index in [9.17, 15) is 14.4 Å². The van der Waals surface area contributed by atoms with Crippen LogP contribution in [-0.2, 0) is 10.3 Å². The van der Waals surface area contributed by atoms with Gasteiger partial charge in [-0.25, -0.2) is 0 Å². The van der Waals surface area contributed by atoms with Gasteiger partial charge in [0.25, 0.3) is 11.8 Å². The third-order valence-corrected chi connectivity index (χ3v) is 6.26. The lowest BCUT2D eigenvalue weighted by Gasteiger charge is -2.43. The van der Waals surface area contributed by atoms with Crippen LogP contribution in [0.3, 0.4) is 0 Å². The number of carbonyl (C=O) groups excluding carboxylic acids is 3. The highest BCUT2D eigenvalue weighted by Crippen LogP contribution is 2.40. The molecule has 9 nitrogen and oxygen atoms in total. The number of anilines is 1. The van der Waals surface area contributed by atoms with Crippen LogP contribution in [0.1, 0.15) is 60.9 Å². The molecular formula is C23H26N4O5. The number of ether oxygens (including phenoxy) is 2. The van der Waals surface area contributed by atoms with Crippen LogP contribution in [0.15, 0.2) is 24.4 Å². The number of likely N-dealkylation sites (tertiary alicyclic amines) is 1. The Morgan fingerprint density at radius 3 is 2.62 bits per heavy atom. The van der Waals surface area contributed by atoms with Crippen molar-refractivity contribution < 1.29 is 23.9 Å². The maximum absolute atomic E-state index is 13.1. The zero-order chi connectivity index (χ0) is 22.7. The second kappa shape index (κ2) is 7.08. The zero-order valence-electron chi connectivity index (χ0n) is 18.4. The third kappa shape index (κ3) is 3.51. The summed E-state index contributed by atoms with van der Waals surface area (Å²) >= 11 is 0. The van der Waals surface area contributed by atoms with E-state index in [0.717, 1.165) is 0 Å². The second-order valence-electron chi connectivity index (χ2n) is 9.68. The van der Waals surface area contributed by atoms with Gasteiger partial charge in [0.15, 0.2) is 23.8 Å². The van der Waals surface area contributed by atoms with Gasteiger partial charge in [-0.15, -0.1) is 0 Å². The Morgan fingerprint density at radius 1 is 1.16 bits per heavy atom. The molecule has 1 aromatic carbocycles. The van der Waals surface area contributed by atoms with Crippen LogP contribution in [0, 0.1) is 0 Å². The lowest BCUT2D eigenvalue weighted by Crippen LogP contribution is -2.52. The fourth-order valence-electron chi connectivity index (χ4n) is 4.41. The molecule has 1 fully saturated rings. The van der Waals surface area contributed by atoms with Crippen molar-refractivity contribution in [3.05, 3.63) is 35.7 Å². The first-order chi connectivity index (χ1) is 15.1. The summed E-state index contributed by atoms with van der Waals surface area (Å²) in [5, 5.41) is 7.17. The van der Waals surface area contributed by atoms with Gasteiger partial charge in [0, 0.05) is 31.5 Å². The molecular weight excluding hydrogens is 412 g/mol. The number of aromatic nitrogens is 2. The van der Waals surface area contributed by atoms with Gasteiger partial charge >= 0.3 is 0 Å². The largest absolute Gasteiger partial charge is 0.483 e. The van der Waals surface area contributed by atoms with E-state index in [0.29, 0.717) is 54.4 Å². The number of nitrogens with zero attached hydrogens (tertiary/aromatic N) is 3. The minimum absolute atomic E-state index is 0.0144. The molecule has 1 N–H and O–H groups in total. The average molecular weight is 438 g/mol. The molecule has 0 aliphatic carbocycles. The van der Waals surface area contributed by atoms with Crippen LogP contribution in [0.5, 0.6) is 11.5 Å². The van der Waals surface area contributed by atoms with Crippen molar-refractivity contribution in [2.24, 2.45) is 0 Å². The highest BCUT2D eigenvalue weighted by molar-refractivity contribution is 6.00. The molecule has 2 aromatic rings. The fraction of sp³-hybridized carbons (Fsp3) is 0.478. The molecule has 1 saturated heterocycles. The zero-order valence-corrected chi connectivity index (χ0v) is 18.4. The van der Waals surface area contributed by atoms with Crippen LogP contribution >= 0.6 is 0 Å². The summed E-state index contributed by atoms with van der Waals surface area (Å²) in [5.74, 6) is 0.710. The predicted molar refractivity (Wildman–Crippen MR) is 115 cm³/mol. The van der Waals surface area contributed by atoms with Gasteiger partial charge in [-0.3, -0.25) is 19.1 Å². The van der Waals surface area contributed by atoms with Crippen LogP contribution in [0.2, 0.25) is 0 Å². The van der Waals surface area contributed by atoms with E-state index in [2.05, 4.69) is 10.4 Å². The number of fused-ring (bicyclic) bond motifs is 2. The minimum atomic E-state index is -0.607. The number of ketones is 1. The first-order valence-electron chi connectivity index (χ1n) is 10.8. The molecule has 1 spiro atoms. The second-order valence-corrected chi connectivity index (χ2v) is 9.68. The average Bonchev–Trinajstić information content (AvgIpc) is 3.18. The number of rotatable bonds is 1. The Balaban J connectivity index is 1.30. The summed E-state index contributed by atoms with van der Waals surface area (Å²) in [5.41, 5.74) is 0.528. The van der Waals surface area contributed by atoms with E-state index in [1.165, 1.54) is 0 Å². The molecule has 0 radical (unpaired) electrons. The highest BCUT2D eigenvalue weighted by Gasteiger charge is 2.45. The van der Waals surface area contributed by atoms with Gasteiger partial charge in [0.05, 0.1) is 23.8 Å². The third-order valence-electron chi connectivity index (χ3n) is 6.26. The quantitative estimate of drug-likeness (QED) is 0.734.